The van der Waals surface area contributed by atoms with Crippen LogP contribution in [0.4, 0.5) is 0 Å². The average molecular weight is 848 g/mol. The molecule has 2 saturated heterocycles. The molecule has 2 aromatic heterocycles. The van der Waals surface area contributed by atoms with E-state index in [-0.39, 0.29) is 0 Å². The van der Waals surface area contributed by atoms with Crippen LogP contribution in [0.5, 0.6) is 0 Å². The minimum atomic E-state index is -3.67. The van der Waals surface area contributed by atoms with Gasteiger partial charge in [-0.1, -0.05) is 0 Å². The molecule has 0 radical (unpaired) electrons. The quantitative estimate of drug-likeness (QED) is 0.102. The summed E-state index contributed by atoms with van der Waals surface area (Å²) in [6, 6.07) is 1.88. The fourth-order valence-electron chi connectivity index (χ4n) is 4.10. The normalized spacial score (nSPS) is 27.9. The molecule has 276 valence electrons. The molecule has 4 heterocycles. The molecule has 6 unspecified atom stereocenters. The van der Waals surface area contributed by atoms with E-state index in [4.69, 9.17) is 18.5 Å². The van der Waals surface area contributed by atoms with E-state index in [9.17, 15) is 67.0 Å². The van der Waals surface area contributed by atoms with E-state index in [1.165, 1.54) is 0 Å². The van der Waals surface area contributed by atoms with Gasteiger partial charge in [-0.3, -0.25) is 28.7 Å². The third kappa shape index (κ3) is 11.2. The van der Waals surface area contributed by atoms with Gasteiger partial charge in [0.2, 0.25) is 0 Å². The van der Waals surface area contributed by atoms with Gasteiger partial charge in [-0.25, -0.2) is 9.59 Å². The van der Waals surface area contributed by atoms with Gasteiger partial charge in [0.25, 0.3) is 11.1 Å². The van der Waals surface area contributed by atoms with Gasteiger partial charge in [0.1, 0.15) is 49.8 Å². The van der Waals surface area contributed by atoms with Gasteiger partial charge >= 0.3 is 60.9 Å². The molecular weight excluding hydrogens is 826 g/mol. The van der Waals surface area contributed by atoms with E-state index in [1.807, 2.05) is 9.97 Å². The molecule has 2 aliphatic heterocycles. The minimum absolute atomic E-state index is 0.745. The van der Waals surface area contributed by atoms with Crippen LogP contribution in [0.3, 0.4) is 0 Å². The highest BCUT2D eigenvalue weighted by atomic mass is 31.3. The number of ether oxygens (including phenoxy) is 2. The molecule has 0 aliphatic carbocycles. The van der Waals surface area contributed by atoms with Crippen molar-refractivity contribution in [2.45, 2.75) is 49.1 Å². The third-order valence-electron chi connectivity index (χ3n) is 6.28. The summed E-state index contributed by atoms with van der Waals surface area (Å²) < 4.78 is 114. The van der Waals surface area contributed by atoms with Crippen LogP contribution in [-0.2, 0) is 67.5 Å². The summed E-state index contributed by atoms with van der Waals surface area (Å²) in [5.74, 6) is 0. The van der Waals surface area contributed by atoms with E-state index in [2.05, 4.69) is 21.6 Å². The fourth-order valence-corrected chi connectivity index (χ4v) is 8.74. The maximum Gasteiger partial charge on any atom is 0.798 e. The molecular formula is C18H22N4O23P6+6. The Balaban J connectivity index is 1.13. The number of nitrogens with zero attached hydrogens (tertiary/aromatic N) is 2. The minimum Gasteiger partial charge on any atom is -0.387 e. The molecule has 14 atom stereocenters. The van der Waals surface area contributed by atoms with E-state index >= 15 is 0 Å². The molecule has 2 fully saturated rings. The average Bonchev–Trinajstić information content (AvgIpc) is 3.47. The van der Waals surface area contributed by atoms with Crippen molar-refractivity contribution in [3.63, 3.8) is 0 Å². The first-order chi connectivity index (χ1) is 24.0. The zero-order chi connectivity index (χ0) is 37.6. The van der Waals surface area contributed by atoms with Crippen LogP contribution in [-0.4, -0.2) is 89.4 Å². The van der Waals surface area contributed by atoms with E-state index < -0.39 is 134 Å². The van der Waals surface area contributed by atoms with Gasteiger partial charge < -0.3 is 29.9 Å². The number of aromatic amines is 2. The zero-order valence-corrected chi connectivity index (χ0v) is 29.8. The summed E-state index contributed by atoms with van der Waals surface area (Å²) in [6.45, 7) is -1.58. The van der Waals surface area contributed by atoms with Crippen molar-refractivity contribution in [3.8, 4) is 0 Å². The molecule has 2 aliphatic rings. The van der Waals surface area contributed by atoms with Crippen LogP contribution in [0, 0.1) is 0 Å². The lowest BCUT2D eigenvalue weighted by Gasteiger charge is -2.16. The number of H-pyrrole nitrogens is 2. The molecule has 27 nitrogen and oxygen atoms in total. The number of aromatic nitrogens is 4. The molecule has 4 rings (SSSR count). The van der Waals surface area contributed by atoms with Gasteiger partial charge in [0, 0.05) is 51.9 Å². The van der Waals surface area contributed by atoms with E-state index in [0.29, 0.717) is 0 Å². The summed E-state index contributed by atoms with van der Waals surface area (Å²) in [7, 11) is -21.3. The molecule has 0 spiro atoms. The summed E-state index contributed by atoms with van der Waals surface area (Å²) in [5, 5.41) is 40.6. The summed E-state index contributed by atoms with van der Waals surface area (Å²) in [6.07, 6.45) is -10.7. The highest BCUT2D eigenvalue weighted by molar-refractivity contribution is 7.59. The van der Waals surface area contributed by atoms with Crippen molar-refractivity contribution in [3.05, 3.63) is 66.2 Å². The van der Waals surface area contributed by atoms with Gasteiger partial charge in [0.05, 0.1) is 0 Å². The molecule has 0 saturated carbocycles. The highest BCUT2D eigenvalue weighted by Gasteiger charge is 2.60. The monoisotopic (exact) mass is 848 g/mol. The molecule has 2 aromatic rings. The fraction of sp³-hybridized carbons (Fsp3) is 0.556. The predicted octanol–water partition coefficient (Wildman–Crippen LogP) is -0.614. The topological polar surface area (TPSA) is 376 Å². The predicted molar refractivity (Wildman–Crippen MR) is 157 cm³/mol. The first kappa shape index (κ1) is 41.2. The maximum absolute atomic E-state index is 11.9. The lowest BCUT2D eigenvalue weighted by atomic mass is 10.1. The van der Waals surface area contributed by atoms with Gasteiger partial charge in [-0.2, -0.15) is 0 Å². The highest BCUT2D eigenvalue weighted by Crippen LogP contribution is 2.54. The van der Waals surface area contributed by atoms with Gasteiger partial charge in [-0.15, -0.1) is 9.05 Å². The van der Waals surface area contributed by atoms with Crippen molar-refractivity contribution in [2.24, 2.45) is 0 Å². The molecule has 51 heavy (non-hydrogen) atoms. The first-order valence-corrected chi connectivity index (χ1v) is 19.8. The Morgan fingerprint density at radius 2 is 0.863 bits per heavy atom. The first-order valence-electron chi connectivity index (χ1n) is 13.2. The van der Waals surface area contributed by atoms with Crippen molar-refractivity contribution < 1.29 is 87.9 Å². The molecule has 0 bridgehead atoms. The Morgan fingerprint density at radius 3 is 1.18 bits per heavy atom. The van der Waals surface area contributed by atoms with E-state index in [1.54, 1.807) is 0 Å². The van der Waals surface area contributed by atoms with Crippen LogP contribution in [0.25, 0.3) is 0 Å². The second-order valence-corrected chi connectivity index (χ2v) is 15.9. The Kier molecular flexibility index (Phi) is 14.9. The van der Waals surface area contributed by atoms with Crippen LogP contribution in [0.15, 0.2) is 43.7 Å². The molecule has 0 amide bonds. The van der Waals surface area contributed by atoms with Crippen molar-refractivity contribution in [1.29, 1.82) is 0 Å². The Morgan fingerprint density at radius 1 is 0.549 bits per heavy atom. The van der Waals surface area contributed by atoms with Crippen LogP contribution in [0.2, 0.25) is 0 Å². The lowest BCUT2D eigenvalue weighted by Crippen LogP contribution is -2.37. The third-order valence-corrected chi connectivity index (χ3v) is 12.3. The van der Waals surface area contributed by atoms with Crippen molar-refractivity contribution in [1.82, 2.24) is 19.1 Å². The Bertz CT molecular complexity index is 1800. The molecule has 6 N–H and O–H groups in total. The number of nitrogens with one attached hydrogen (secondary N) is 2. The number of aliphatic hydroxyl groups excluding tert-OH is 4. The summed E-state index contributed by atoms with van der Waals surface area (Å²) in [4.78, 5) is 50.1. The van der Waals surface area contributed by atoms with Crippen LogP contribution >= 0.6 is 49.5 Å². The van der Waals surface area contributed by atoms with Crippen LogP contribution < -0.4 is 22.5 Å². The van der Waals surface area contributed by atoms with Crippen molar-refractivity contribution in [2.75, 3.05) is 13.2 Å². The SMILES string of the molecule is O=c1ccn([C@@H]2O[C@H](CO[P+](=O)O[P+](=O)O[P+](=O)O[P+](=O)O[P+](=O)O[P+](=O)OC[C@@H]3O[C@H](n4ccc(=O)[nH]c4=O)[C@@H](O)[C@H]3O)[C@@H](O)[C@H]2O)c(=O)[nH]1. The lowest BCUT2D eigenvalue weighted by molar-refractivity contribution is -0.0516. The zero-order valence-electron chi connectivity index (χ0n) is 24.5. The second kappa shape index (κ2) is 18.5. The van der Waals surface area contributed by atoms with E-state index in [0.717, 1.165) is 33.7 Å². The second-order valence-electron chi connectivity index (χ2n) is 9.47. The Hall–Kier alpha value is -2.56. The summed E-state index contributed by atoms with van der Waals surface area (Å²) >= 11 is 0. The molecule has 0 aromatic carbocycles. The number of rotatable bonds is 18. The number of aliphatic hydroxyl groups is 4. The largest absolute Gasteiger partial charge is 0.798 e. The standard InChI is InChI=1S/C18H20N4O23P6/c23-9-1-3-21(17(29)19-9)15-13(27)11(25)7(39-15)5-37-46(31)41-48(33)43-50(35)45-51(36)44-49(34)42-47(32)38-6-8-12(26)14(28)16(40-8)22-4-2-10(24)20-18(22)30/h1-4,7-8,11-16,25-28H,5-6H2/q+4/p+2/t7-,8+,11-,12+,13-,14+,15-,16+. The molecule has 33 heteroatoms. The van der Waals surface area contributed by atoms with Crippen molar-refractivity contribution >= 4 is 49.5 Å². The number of hydrogen-bond acceptors (Lipinski definition) is 23. The van der Waals surface area contributed by atoms with Crippen LogP contribution in [0.1, 0.15) is 12.5 Å². The summed E-state index contributed by atoms with van der Waals surface area (Å²) in [5.41, 5.74) is -3.45. The smallest absolute Gasteiger partial charge is 0.387 e. The maximum atomic E-state index is 11.9. The van der Waals surface area contributed by atoms with Gasteiger partial charge in [-0.05, 0) is 0 Å². The number of hydrogen-bond donors (Lipinski definition) is 6. The Labute approximate surface area is 285 Å². The van der Waals surface area contributed by atoms with Gasteiger partial charge in [0.15, 0.2) is 34.0 Å².